The lowest BCUT2D eigenvalue weighted by molar-refractivity contribution is 0.738. The molecule has 0 amide bonds. The summed E-state index contributed by atoms with van der Waals surface area (Å²) in [6.07, 6.45) is 0. The van der Waals surface area contributed by atoms with Gasteiger partial charge in [0.05, 0.1) is 0 Å². The van der Waals surface area contributed by atoms with Gasteiger partial charge >= 0.3 is 0 Å². The van der Waals surface area contributed by atoms with E-state index in [1.54, 1.807) is 4.68 Å². The van der Waals surface area contributed by atoms with Crippen LogP contribution in [0.2, 0.25) is 0 Å². The summed E-state index contributed by atoms with van der Waals surface area (Å²) in [5, 5.41) is 4.06. The molecule has 1 rings (SSSR count). The van der Waals surface area contributed by atoms with E-state index >= 15 is 0 Å². The highest BCUT2D eigenvalue weighted by Gasteiger charge is 2.01. The Morgan fingerprint density at radius 1 is 1.80 bits per heavy atom. The summed E-state index contributed by atoms with van der Waals surface area (Å²) >= 11 is 4.74. The minimum atomic E-state index is 0.351. The molecule has 0 radical (unpaired) electrons. The lowest BCUT2D eigenvalue weighted by atomic mass is 10.4. The summed E-state index contributed by atoms with van der Waals surface area (Å²) in [4.78, 5) is 0.351. The van der Waals surface area contributed by atoms with Gasteiger partial charge in [-0.15, -0.1) is 0 Å². The number of hydrogen-bond donors (Lipinski definition) is 1. The first-order valence-electron chi connectivity index (χ1n) is 2.91. The van der Waals surface area contributed by atoms with E-state index in [1.165, 1.54) is 0 Å². The Morgan fingerprint density at radius 3 is 2.60 bits per heavy atom. The van der Waals surface area contributed by atoms with Gasteiger partial charge in [0.2, 0.25) is 0 Å². The molecule has 1 heterocycles. The molecule has 0 fully saturated rings. The van der Waals surface area contributed by atoms with E-state index in [2.05, 4.69) is 5.10 Å². The molecule has 0 saturated carbocycles. The summed E-state index contributed by atoms with van der Waals surface area (Å²) in [5.41, 5.74) is 7.10. The summed E-state index contributed by atoms with van der Waals surface area (Å²) in [6.45, 7) is 1.95. The molecule has 0 unspecified atom stereocenters. The molecular formula is C6H9N3S. The fraction of sp³-hybridized carbons (Fsp3) is 0.333. The SMILES string of the molecule is Cc1cc(C(N)=S)nn1C. The van der Waals surface area contributed by atoms with Crippen LogP contribution in [0.25, 0.3) is 0 Å². The standard InChI is InChI=1S/C6H9N3S/c1-4-3-5(6(7)10)8-9(4)2/h3H,1-2H3,(H2,7,10). The fourth-order valence-electron chi connectivity index (χ4n) is 0.681. The highest BCUT2D eigenvalue weighted by molar-refractivity contribution is 7.80. The average molecular weight is 155 g/mol. The minimum absolute atomic E-state index is 0.351. The van der Waals surface area contributed by atoms with Crippen molar-refractivity contribution in [3.63, 3.8) is 0 Å². The van der Waals surface area contributed by atoms with Crippen LogP contribution >= 0.6 is 12.2 Å². The van der Waals surface area contributed by atoms with Gasteiger partial charge in [0.1, 0.15) is 10.7 Å². The van der Waals surface area contributed by atoms with E-state index in [0.717, 1.165) is 5.69 Å². The van der Waals surface area contributed by atoms with Gasteiger partial charge in [-0.05, 0) is 13.0 Å². The van der Waals surface area contributed by atoms with E-state index in [9.17, 15) is 0 Å². The van der Waals surface area contributed by atoms with Crippen LogP contribution in [0.4, 0.5) is 0 Å². The first kappa shape index (κ1) is 7.21. The Morgan fingerprint density at radius 2 is 2.40 bits per heavy atom. The summed E-state index contributed by atoms with van der Waals surface area (Å²) in [5.74, 6) is 0. The zero-order valence-electron chi connectivity index (χ0n) is 5.96. The normalized spacial score (nSPS) is 9.80. The van der Waals surface area contributed by atoms with Crippen LogP contribution < -0.4 is 5.73 Å². The number of hydrogen-bond acceptors (Lipinski definition) is 2. The maximum absolute atomic E-state index is 5.35. The summed E-state index contributed by atoms with van der Waals surface area (Å²) < 4.78 is 1.74. The van der Waals surface area contributed by atoms with Crippen molar-refractivity contribution in [2.45, 2.75) is 6.92 Å². The maximum atomic E-state index is 5.35. The Labute approximate surface area is 64.8 Å². The van der Waals surface area contributed by atoms with E-state index in [1.807, 2.05) is 20.0 Å². The van der Waals surface area contributed by atoms with Crippen molar-refractivity contribution in [2.75, 3.05) is 0 Å². The molecule has 10 heavy (non-hydrogen) atoms. The molecular weight excluding hydrogens is 146 g/mol. The third kappa shape index (κ3) is 1.16. The maximum Gasteiger partial charge on any atom is 0.124 e. The van der Waals surface area contributed by atoms with Crippen LogP contribution in [0.3, 0.4) is 0 Å². The number of nitrogens with two attached hydrogens (primary N) is 1. The Balaban J connectivity index is 3.10. The Kier molecular flexibility index (Phi) is 1.72. The van der Waals surface area contributed by atoms with Crippen molar-refractivity contribution in [2.24, 2.45) is 12.8 Å². The predicted molar refractivity (Wildman–Crippen MR) is 43.8 cm³/mol. The number of thiocarbonyl (C=S) groups is 1. The van der Waals surface area contributed by atoms with Gasteiger partial charge in [0, 0.05) is 12.7 Å². The van der Waals surface area contributed by atoms with E-state index < -0.39 is 0 Å². The van der Waals surface area contributed by atoms with Crippen molar-refractivity contribution < 1.29 is 0 Å². The lowest BCUT2D eigenvalue weighted by Gasteiger charge is -1.89. The third-order valence-corrected chi connectivity index (χ3v) is 1.58. The van der Waals surface area contributed by atoms with Gasteiger partial charge in [-0.3, -0.25) is 4.68 Å². The monoisotopic (exact) mass is 155 g/mol. The second kappa shape index (κ2) is 2.38. The topological polar surface area (TPSA) is 43.8 Å². The molecule has 0 aromatic carbocycles. The molecule has 1 aromatic heterocycles. The zero-order valence-corrected chi connectivity index (χ0v) is 6.77. The molecule has 4 heteroatoms. The van der Waals surface area contributed by atoms with Crippen LogP contribution in [0.15, 0.2) is 6.07 Å². The number of aryl methyl sites for hydroxylation is 2. The molecule has 0 aliphatic carbocycles. The molecule has 0 aliphatic heterocycles. The van der Waals surface area contributed by atoms with Gasteiger partial charge < -0.3 is 5.73 Å². The molecule has 1 aromatic rings. The van der Waals surface area contributed by atoms with Crippen molar-refractivity contribution in [1.82, 2.24) is 9.78 Å². The van der Waals surface area contributed by atoms with E-state index in [-0.39, 0.29) is 0 Å². The van der Waals surface area contributed by atoms with E-state index in [4.69, 9.17) is 18.0 Å². The van der Waals surface area contributed by atoms with Gasteiger partial charge in [-0.1, -0.05) is 12.2 Å². The zero-order chi connectivity index (χ0) is 7.72. The van der Waals surface area contributed by atoms with Crippen molar-refractivity contribution in [3.05, 3.63) is 17.5 Å². The van der Waals surface area contributed by atoms with Crippen LogP contribution in [-0.4, -0.2) is 14.8 Å². The Hall–Kier alpha value is -0.900. The molecule has 0 atom stereocenters. The first-order chi connectivity index (χ1) is 4.61. The highest BCUT2D eigenvalue weighted by atomic mass is 32.1. The summed E-state index contributed by atoms with van der Waals surface area (Å²) in [7, 11) is 1.86. The van der Waals surface area contributed by atoms with E-state index in [0.29, 0.717) is 10.7 Å². The first-order valence-corrected chi connectivity index (χ1v) is 3.32. The second-order valence-electron chi connectivity index (χ2n) is 2.16. The van der Waals surface area contributed by atoms with Gasteiger partial charge in [-0.2, -0.15) is 5.10 Å². The summed E-state index contributed by atoms with van der Waals surface area (Å²) in [6, 6.07) is 1.86. The average Bonchev–Trinajstić information content (AvgIpc) is 2.13. The lowest BCUT2D eigenvalue weighted by Crippen LogP contribution is -2.10. The molecule has 0 aliphatic rings. The molecule has 0 saturated heterocycles. The number of aromatic nitrogens is 2. The minimum Gasteiger partial charge on any atom is -0.388 e. The third-order valence-electron chi connectivity index (χ3n) is 1.37. The van der Waals surface area contributed by atoms with Crippen LogP contribution in [-0.2, 0) is 7.05 Å². The van der Waals surface area contributed by atoms with Gasteiger partial charge in [0.25, 0.3) is 0 Å². The smallest absolute Gasteiger partial charge is 0.124 e. The van der Waals surface area contributed by atoms with Gasteiger partial charge in [-0.25, -0.2) is 0 Å². The fourth-order valence-corrected chi connectivity index (χ4v) is 0.781. The number of nitrogens with zero attached hydrogens (tertiary/aromatic N) is 2. The van der Waals surface area contributed by atoms with Crippen molar-refractivity contribution in [3.8, 4) is 0 Å². The van der Waals surface area contributed by atoms with Crippen LogP contribution in [0.5, 0.6) is 0 Å². The Bertz CT molecular complexity index is 244. The van der Waals surface area contributed by atoms with Gasteiger partial charge in [0.15, 0.2) is 0 Å². The van der Waals surface area contributed by atoms with Crippen LogP contribution in [0, 0.1) is 6.92 Å². The highest BCUT2D eigenvalue weighted by Crippen LogP contribution is 1.99. The molecule has 3 nitrogen and oxygen atoms in total. The van der Waals surface area contributed by atoms with Crippen molar-refractivity contribution >= 4 is 17.2 Å². The number of rotatable bonds is 1. The quantitative estimate of drug-likeness (QED) is 0.596. The van der Waals surface area contributed by atoms with Crippen molar-refractivity contribution in [1.29, 1.82) is 0 Å². The molecule has 54 valence electrons. The van der Waals surface area contributed by atoms with Crippen LogP contribution in [0.1, 0.15) is 11.4 Å². The molecule has 2 N–H and O–H groups in total. The molecule has 0 bridgehead atoms. The largest absolute Gasteiger partial charge is 0.388 e. The second-order valence-corrected chi connectivity index (χ2v) is 2.60. The molecule has 0 spiro atoms. The predicted octanol–water partition coefficient (Wildman–Crippen LogP) is 0.363.